The predicted octanol–water partition coefficient (Wildman–Crippen LogP) is 9.56. The van der Waals surface area contributed by atoms with E-state index in [4.69, 9.17) is 24.8 Å². The molecule has 0 aliphatic rings. The number of unbranched alkanes of at least 4 members (excludes halogenated alkanes) is 23. The zero-order chi connectivity index (χ0) is 36.4. The van der Waals surface area contributed by atoms with Gasteiger partial charge in [0.1, 0.15) is 12.6 Å². The monoisotopic (exact) mass is 721 g/mol. The van der Waals surface area contributed by atoms with Crippen molar-refractivity contribution >= 4 is 25.7 Å². The van der Waals surface area contributed by atoms with E-state index in [9.17, 15) is 23.8 Å². The second kappa shape index (κ2) is 33.6. The molecule has 0 radical (unpaired) electrons. The molecule has 49 heavy (non-hydrogen) atoms. The molecular formula is C37H72NO10P. The fraction of sp³-hybridized carbons (Fsp3) is 0.919. The van der Waals surface area contributed by atoms with Gasteiger partial charge in [-0.25, -0.2) is 4.57 Å². The van der Waals surface area contributed by atoms with Gasteiger partial charge in [0, 0.05) is 12.8 Å². The molecule has 0 bridgehead atoms. The van der Waals surface area contributed by atoms with Crippen LogP contribution < -0.4 is 5.73 Å². The quantitative estimate of drug-likeness (QED) is 0.0317. The molecule has 0 rings (SSSR count). The van der Waals surface area contributed by atoms with Gasteiger partial charge in [-0.2, -0.15) is 0 Å². The standard InChI is InChI=1S/C37H72NO10P/c1-3-5-7-9-11-12-13-14-15-16-17-18-19-20-21-22-23-25-27-29-36(40)48-33(30-45-35(39)28-26-24-10-8-6-4-2)31-46-49(43,44)47-32-34(38)37(41)42/h33-34H,3-32,38H2,1-2H3,(H,41,42)(H,43,44). The Balaban J connectivity index is 4.21. The molecule has 3 atom stereocenters. The number of esters is 2. The van der Waals surface area contributed by atoms with Gasteiger partial charge in [0.05, 0.1) is 13.2 Å². The zero-order valence-electron chi connectivity index (χ0n) is 31.1. The lowest BCUT2D eigenvalue weighted by molar-refractivity contribution is -0.161. The molecule has 0 aromatic rings. The maximum atomic E-state index is 12.5. The summed E-state index contributed by atoms with van der Waals surface area (Å²) < 4.78 is 32.4. The molecule has 11 nitrogen and oxygen atoms in total. The van der Waals surface area contributed by atoms with Crippen molar-refractivity contribution in [2.45, 2.75) is 199 Å². The number of phosphoric ester groups is 1. The molecule has 12 heteroatoms. The largest absolute Gasteiger partial charge is 0.480 e. The average Bonchev–Trinajstić information content (AvgIpc) is 3.07. The first-order valence-corrected chi connectivity index (χ1v) is 21.1. The molecule has 0 aliphatic carbocycles. The van der Waals surface area contributed by atoms with E-state index in [1.54, 1.807) is 0 Å². The van der Waals surface area contributed by atoms with E-state index in [1.807, 2.05) is 0 Å². The van der Waals surface area contributed by atoms with Gasteiger partial charge in [0.2, 0.25) is 0 Å². The number of carboxylic acids is 1. The lowest BCUT2D eigenvalue weighted by Gasteiger charge is -2.20. The van der Waals surface area contributed by atoms with Crippen molar-refractivity contribution in [2.75, 3.05) is 19.8 Å². The summed E-state index contributed by atoms with van der Waals surface area (Å²) in [7, 11) is -4.69. The average molecular weight is 722 g/mol. The molecule has 0 aromatic heterocycles. The fourth-order valence-corrected chi connectivity index (χ4v) is 6.26. The summed E-state index contributed by atoms with van der Waals surface area (Å²) in [6.45, 7) is 2.73. The first-order valence-electron chi connectivity index (χ1n) is 19.6. The van der Waals surface area contributed by atoms with Crippen LogP contribution in [0.25, 0.3) is 0 Å². The topological polar surface area (TPSA) is 172 Å². The summed E-state index contributed by atoms with van der Waals surface area (Å²) in [4.78, 5) is 45.5. The lowest BCUT2D eigenvalue weighted by atomic mass is 10.0. The van der Waals surface area contributed by atoms with Crippen molar-refractivity contribution < 1.29 is 47.5 Å². The van der Waals surface area contributed by atoms with Crippen LogP contribution >= 0.6 is 7.82 Å². The minimum atomic E-state index is -4.69. The summed E-state index contributed by atoms with van der Waals surface area (Å²) in [6, 6.07) is -1.51. The van der Waals surface area contributed by atoms with E-state index in [-0.39, 0.29) is 19.4 Å². The summed E-state index contributed by atoms with van der Waals surface area (Å²) in [5.41, 5.74) is 5.30. The highest BCUT2D eigenvalue weighted by Gasteiger charge is 2.28. The second-order valence-corrected chi connectivity index (χ2v) is 14.9. The number of carboxylic acid groups (broad SMARTS) is 1. The maximum absolute atomic E-state index is 12.5. The van der Waals surface area contributed by atoms with Crippen LogP contribution in [0.1, 0.15) is 187 Å². The molecule has 0 saturated carbocycles. The normalized spacial score (nSPS) is 13.9. The molecular weight excluding hydrogens is 649 g/mol. The van der Waals surface area contributed by atoms with Crippen molar-refractivity contribution in [3.8, 4) is 0 Å². The van der Waals surface area contributed by atoms with E-state index < -0.39 is 51.1 Å². The van der Waals surface area contributed by atoms with Crippen molar-refractivity contribution in [3.05, 3.63) is 0 Å². The Kier molecular flexibility index (Phi) is 32.6. The van der Waals surface area contributed by atoms with Crippen LogP contribution in [0.15, 0.2) is 0 Å². The van der Waals surface area contributed by atoms with Gasteiger partial charge < -0.3 is 25.2 Å². The third-order valence-electron chi connectivity index (χ3n) is 8.61. The highest BCUT2D eigenvalue weighted by Crippen LogP contribution is 2.43. The van der Waals surface area contributed by atoms with E-state index in [0.29, 0.717) is 12.8 Å². The van der Waals surface area contributed by atoms with Crippen molar-refractivity contribution in [3.63, 3.8) is 0 Å². The van der Waals surface area contributed by atoms with E-state index >= 15 is 0 Å². The Morgan fingerprint density at radius 3 is 1.29 bits per heavy atom. The molecule has 4 N–H and O–H groups in total. The molecule has 0 aliphatic heterocycles. The summed E-state index contributed by atoms with van der Waals surface area (Å²) >= 11 is 0. The number of ether oxygens (including phenoxy) is 2. The Bertz CT molecular complexity index is 859. The Morgan fingerprint density at radius 1 is 0.551 bits per heavy atom. The van der Waals surface area contributed by atoms with Gasteiger partial charge >= 0.3 is 25.7 Å². The third-order valence-corrected chi connectivity index (χ3v) is 9.56. The van der Waals surface area contributed by atoms with Crippen LogP contribution in [0, 0.1) is 0 Å². The van der Waals surface area contributed by atoms with Crippen LogP contribution in [-0.4, -0.2) is 59.9 Å². The van der Waals surface area contributed by atoms with Crippen LogP contribution in [0.3, 0.4) is 0 Å². The number of hydrogen-bond acceptors (Lipinski definition) is 9. The first kappa shape index (κ1) is 47.5. The Labute approximate surface area is 297 Å². The number of hydrogen-bond donors (Lipinski definition) is 3. The molecule has 0 spiro atoms. The molecule has 0 fully saturated rings. The van der Waals surface area contributed by atoms with E-state index in [2.05, 4.69) is 18.4 Å². The van der Waals surface area contributed by atoms with Gasteiger partial charge in [-0.05, 0) is 12.8 Å². The molecule has 0 heterocycles. The molecule has 3 unspecified atom stereocenters. The van der Waals surface area contributed by atoms with Crippen LogP contribution in [0.2, 0.25) is 0 Å². The van der Waals surface area contributed by atoms with Gasteiger partial charge in [-0.15, -0.1) is 0 Å². The number of phosphoric acid groups is 1. The zero-order valence-corrected chi connectivity index (χ0v) is 31.9. The summed E-state index contributed by atoms with van der Waals surface area (Å²) in [6.07, 6.45) is 29.3. The number of carbonyl (C=O) groups is 3. The lowest BCUT2D eigenvalue weighted by Crippen LogP contribution is -2.34. The highest BCUT2D eigenvalue weighted by molar-refractivity contribution is 7.47. The summed E-state index contributed by atoms with van der Waals surface area (Å²) in [5.74, 6) is -2.38. The van der Waals surface area contributed by atoms with E-state index in [0.717, 1.165) is 51.4 Å². The molecule has 290 valence electrons. The number of nitrogens with two attached hydrogens (primary N) is 1. The van der Waals surface area contributed by atoms with Gasteiger partial charge in [-0.3, -0.25) is 23.4 Å². The van der Waals surface area contributed by atoms with Crippen molar-refractivity contribution in [1.82, 2.24) is 0 Å². The molecule has 0 aromatic carbocycles. The molecule has 0 saturated heterocycles. The van der Waals surface area contributed by atoms with E-state index in [1.165, 1.54) is 96.3 Å². The minimum Gasteiger partial charge on any atom is -0.480 e. The van der Waals surface area contributed by atoms with Crippen LogP contribution in [-0.2, 0) is 37.5 Å². The minimum absolute atomic E-state index is 0.168. The van der Waals surface area contributed by atoms with Gasteiger partial charge in [0.15, 0.2) is 6.10 Å². The Hall–Kier alpha value is -1.52. The third kappa shape index (κ3) is 33.4. The van der Waals surface area contributed by atoms with Crippen LogP contribution in [0.5, 0.6) is 0 Å². The van der Waals surface area contributed by atoms with Crippen molar-refractivity contribution in [2.24, 2.45) is 5.73 Å². The smallest absolute Gasteiger partial charge is 0.472 e. The van der Waals surface area contributed by atoms with Crippen LogP contribution in [0.4, 0.5) is 0 Å². The predicted molar refractivity (Wildman–Crippen MR) is 194 cm³/mol. The second-order valence-electron chi connectivity index (χ2n) is 13.4. The highest BCUT2D eigenvalue weighted by atomic mass is 31.2. The van der Waals surface area contributed by atoms with Gasteiger partial charge in [-0.1, -0.05) is 162 Å². The van der Waals surface area contributed by atoms with Crippen molar-refractivity contribution in [1.29, 1.82) is 0 Å². The maximum Gasteiger partial charge on any atom is 0.472 e. The van der Waals surface area contributed by atoms with Gasteiger partial charge in [0.25, 0.3) is 0 Å². The fourth-order valence-electron chi connectivity index (χ4n) is 5.48. The number of rotatable bonds is 37. The summed E-state index contributed by atoms with van der Waals surface area (Å²) in [5, 5.41) is 8.83. The SMILES string of the molecule is CCCCCCCCCCCCCCCCCCCCCC(=O)OC(COC(=O)CCCCCCCC)COP(=O)(O)OCC(N)C(=O)O. The molecule has 0 amide bonds. The first-order chi connectivity index (χ1) is 23.6. The Morgan fingerprint density at radius 2 is 0.898 bits per heavy atom. The number of carbonyl (C=O) groups excluding carboxylic acids is 2. The number of aliphatic carboxylic acids is 1.